The molecule has 0 bridgehead atoms. The van der Waals surface area contributed by atoms with Gasteiger partial charge in [0.05, 0.1) is 12.2 Å². The van der Waals surface area contributed by atoms with E-state index in [9.17, 15) is 9.59 Å². The van der Waals surface area contributed by atoms with Crippen molar-refractivity contribution >= 4 is 24.3 Å². The van der Waals surface area contributed by atoms with Crippen LogP contribution in [0.5, 0.6) is 0 Å². The predicted molar refractivity (Wildman–Crippen MR) is 102 cm³/mol. The molecule has 1 aromatic heterocycles. The van der Waals surface area contributed by atoms with Crippen molar-refractivity contribution in [1.82, 2.24) is 24.9 Å². The second-order valence-electron chi connectivity index (χ2n) is 7.45. The van der Waals surface area contributed by atoms with Gasteiger partial charge in [-0.05, 0) is 51.3 Å². The number of hydrogen-bond acceptors (Lipinski definition) is 4. The smallest absolute Gasteiger partial charge is 0.317 e. The third-order valence-corrected chi connectivity index (χ3v) is 5.32. The lowest BCUT2D eigenvalue weighted by atomic mass is 9.86. The van der Waals surface area contributed by atoms with Gasteiger partial charge in [-0.3, -0.25) is 14.4 Å². The minimum atomic E-state index is -0.662. The summed E-state index contributed by atoms with van der Waals surface area (Å²) in [6.07, 6.45) is 4.18. The summed E-state index contributed by atoms with van der Waals surface area (Å²) < 4.78 is 1.82. The maximum Gasteiger partial charge on any atom is 0.328 e. The number of imide groups is 1. The molecule has 0 radical (unpaired) electrons. The Hall–Kier alpha value is -1.60. The van der Waals surface area contributed by atoms with Gasteiger partial charge in [-0.1, -0.05) is 13.8 Å². The topological polar surface area (TPSA) is 70.5 Å². The second-order valence-corrected chi connectivity index (χ2v) is 7.45. The van der Waals surface area contributed by atoms with E-state index in [1.54, 1.807) is 0 Å². The van der Waals surface area contributed by atoms with E-state index in [0.29, 0.717) is 25.3 Å². The van der Waals surface area contributed by atoms with Crippen LogP contribution in [0.1, 0.15) is 45.7 Å². The van der Waals surface area contributed by atoms with E-state index in [4.69, 9.17) is 0 Å². The highest BCUT2D eigenvalue weighted by Gasteiger charge is 2.56. The number of halogens is 1. The third kappa shape index (κ3) is 3.74. The van der Waals surface area contributed by atoms with Crippen LogP contribution in [-0.2, 0) is 17.9 Å². The lowest BCUT2D eigenvalue weighted by molar-refractivity contribution is -0.135. The molecule has 1 aromatic rings. The molecule has 3 amide bonds. The fourth-order valence-electron chi connectivity index (χ4n) is 3.77. The van der Waals surface area contributed by atoms with Crippen molar-refractivity contribution in [3.8, 4) is 0 Å². The molecule has 0 aliphatic carbocycles. The number of aromatic nitrogens is 2. The number of carbonyl (C=O) groups is 2. The van der Waals surface area contributed by atoms with Gasteiger partial charge < -0.3 is 10.2 Å². The molecule has 2 fully saturated rings. The van der Waals surface area contributed by atoms with E-state index in [1.807, 2.05) is 28.8 Å². The van der Waals surface area contributed by atoms with Crippen molar-refractivity contribution in [3.63, 3.8) is 0 Å². The fourth-order valence-corrected chi connectivity index (χ4v) is 3.77. The summed E-state index contributed by atoms with van der Waals surface area (Å²) in [5.41, 5.74) is 0.100. The Morgan fingerprint density at radius 1 is 1.27 bits per heavy atom. The molecule has 0 aromatic carbocycles. The van der Waals surface area contributed by atoms with E-state index >= 15 is 0 Å². The van der Waals surface area contributed by atoms with Crippen LogP contribution < -0.4 is 5.32 Å². The van der Waals surface area contributed by atoms with Crippen molar-refractivity contribution in [3.05, 3.63) is 18.0 Å². The average Bonchev–Trinajstić information content (AvgIpc) is 3.13. The highest BCUT2D eigenvalue weighted by atomic mass is 35.5. The molecule has 8 heteroatoms. The lowest BCUT2D eigenvalue weighted by Crippen LogP contribution is -2.56. The Labute approximate surface area is 161 Å². The number of amides is 3. The van der Waals surface area contributed by atoms with E-state index in [1.165, 1.54) is 4.90 Å². The molecule has 2 saturated heterocycles. The molecule has 7 nitrogen and oxygen atoms in total. The standard InChI is InChI=1S/C18H29N5O2.ClH/c1-4-21-11-6-15(20-21)13-22-16(24)18(7-9-19-10-8-18)23(17(22)25)12-5-14(2)3;/h6,11,14,19H,4-5,7-10,12-13H2,1-3H3;1H. The van der Waals surface area contributed by atoms with Gasteiger partial charge in [0, 0.05) is 19.3 Å². The molecule has 0 saturated carbocycles. The lowest BCUT2D eigenvalue weighted by Gasteiger charge is -2.38. The Balaban J connectivity index is 0.00000243. The molecule has 3 rings (SSSR count). The van der Waals surface area contributed by atoms with Crippen molar-refractivity contribution < 1.29 is 9.59 Å². The van der Waals surface area contributed by atoms with E-state index in [-0.39, 0.29) is 30.9 Å². The molecule has 2 aliphatic rings. The zero-order valence-electron chi connectivity index (χ0n) is 15.9. The van der Waals surface area contributed by atoms with Gasteiger partial charge in [0.1, 0.15) is 5.54 Å². The first-order valence-electron chi connectivity index (χ1n) is 9.34. The van der Waals surface area contributed by atoms with Gasteiger partial charge in [0.15, 0.2) is 0 Å². The van der Waals surface area contributed by atoms with Gasteiger partial charge in [-0.15, -0.1) is 12.4 Å². The second kappa shape index (κ2) is 8.39. The molecular weight excluding hydrogens is 354 g/mol. The summed E-state index contributed by atoms with van der Waals surface area (Å²) in [6, 6.07) is 1.73. The first-order valence-corrected chi connectivity index (χ1v) is 9.34. The Kier molecular flexibility index (Phi) is 6.69. The number of urea groups is 1. The number of rotatable bonds is 6. The maximum atomic E-state index is 13.2. The Morgan fingerprint density at radius 2 is 1.96 bits per heavy atom. The van der Waals surface area contributed by atoms with E-state index in [2.05, 4.69) is 24.3 Å². The minimum absolute atomic E-state index is 0. The van der Waals surface area contributed by atoms with Gasteiger partial charge in [0.2, 0.25) is 0 Å². The molecule has 1 spiro atoms. The molecule has 2 aliphatic heterocycles. The first-order chi connectivity index (χ1) is 12.0. The van der Waals surface area contributed by atoms with Crippen molar-refractivity contribution in [1.29, 1.82) is 0 Å². The molecule has 3 heterocycles. The number of nitrogens with one attached hydrogen (secondary N) is 1. The van der Waals surface area contributed by atoms with Crippen molar-refractivity contribution in [2.75, 3.05) is 19.6 Å². The van der Waals surface area contributed by atoms with Crippen LogP contribution in [0.2, 0.25) is 0 Å². The molecule has 26 heavy (non-hydrogen) atoms. The monoisotopic (exact) mass is 383 g/mol. The largest absolute Gasteiger partial charge is 0.328 e. The average molecular weight is 384 g/mol. The van der Waals surface area contributed by atoms with Crippen LogP contribution in [0.3, 0.4) is 0 Å². The fraction of sp³-hybridized carbons (Fsp3) is 0.722. The highest BCUT2D eigenvalue weighted by Crippen LogP contribution is 2.36. The summed E-state index contributed by atoms with van der Waals surface area (Å²) in [6.45, 7) is 9.53. The number of nitrogens with zero attached hydrogens (tertiary/aromatic N) is 4. The SMILES string of the molecule is CCn1ccc(CN2C(=O)N(CCC(C)C)C3(CCNCC3)C2=O)n1.Cl. The third-order valence-electron chi connectivity index (χ3n) is 5.32. The quantitative estimate of drug-likeness (QED) is 0.765. The maximum absolute atomic E-state index is 13.2. The van der Waals surface area contributed by atoms with Crippen LogP contribution >= 0.6 is 12.4 Å². The van der Waals surface area contributed by atoms with Crippen LogP contribution in [0, 0.1) is 5.92 Å². The summed E-state index contributed by atoms with van der Waals surface area (Å²) >= 11 is 0. The summed E-state index contributed by atoms with van der Waals surface area (Å²) in [4.78, 5) is 29.5. The van der Waals surface area contributed by atoms with Gasteiger partial charge in [0.25, 0.3) is 5.91 Å². The predicted octanol–water partition coefficient (Wildman–Crippen LogP) is 2.26. The molecule has 0 unspecified atom stereocenters. The number of hydrogen-bond donors (Lipinski definition) is 1. The Bertz CT molecular complexity index is 639. The zero-order valence-corrected chi connectivity index (χ0v) is 16.7. The number of carbonyl (C=O) groups excluding carboxylic acids is 2. The van der Waals surface area contributed by atoms with E-state index in [0.717, 1.165) is 31.7 Å². The molecular formula is C18H30ClN5O2. The molecule has 0 atom stereocenters. The Morgan fingerprint density at radius 3 is 2.54 bits per heavy atom. The summed E-state index contributed by atoms with van der Waals surface area (Å²) in [5, 5.41) is 7.74. The number of aryl methyl sites for hydroxylation is 1. The van der Waals surface area contributed by atoms with Crippen molar-refractivity contribution in [2.24, 2.45) is 5.92 Å². The van der Waals surface area contributed by atoms with Crippen LogP contribution in [0.25, 0.3) is 0 Å². The van der Waals surface area contributed by atoms with Gasteiger partial charge in [-0.2, -0.15) is 5.10 Å². The normalized spacial score (nSPS) is 19.5. The highest BCUT2D eigenvalue weighted by molar-refractivity contribution is 6.07. The zero-order chi connectivity index (χ0) is 18.0. The van der Waals surface area contributed by atoms with Crippen molar-refractivity contribution in [2.45, 2.75) is 58.7 Å². The van der Waals surface area contributed by atoms with Crippen LogP contribution in [-0.4, -0.2) is 56.7 Å². The number of piperidine rings is 1. The van der Waals surface area contributed by atoms with Crippen LogP contribution in [0.4, 0.5) is 4.79 Å². The van der Waals surface area contributed by atoms with Gasteiger partial charge >= 0.3 is 6.03 Å². The van der Waals surface area contributed by atoms with Gasteiger partial charge in [-0.25, -0.2) is 4.79 Å². The minimum Gasteiger partial charge on any atom is -0.317 e. The van der Waals surface area contributed by atoms with Crippen LogP contribution in [0.15, 0.2) is 12.3 Å². The summed E-state index contributed by atoms with van der Waals surface area (Å²) in [5.74, 6) is 0.449. The summed E-state index contributed by atoms with van der Waals surface area (Å²) in [7, 11) is 0. The molecule has 146 valence electrons. The first kappa shape index (κ1) is 20.7. The molecule has 1 N–H and O–H groups in total. The van der Waals surface area contributed by atoms with E-state index < -0.39 is 5.54 Å².